The number of nitrogens with zero attached hydrogens (tertiary/aromatic N) is 1. The smallest absolute Gasteiger partial charge is 0.0689 e. The third-order valence-electron chi connectivity index (χ3n) is 6.09. The Morgan fingerprint density at radius 3 is 2.18 bits per heavy atom. The molecule has 0 radical (unpaired) electrons. The van der Waals surface area contributed by atoms with Crippen molar-refractivity contribution in [3.63, 3.8) is 0 Å². The number of hydrogen-bond donors (Lipinski definition) is 0. The van der Waals surface area contributed by atoms with Crippen LogP contribution >= 0.6 is 0 Å². The summed E-state index contributed by atoms with van der Waals surface area (Å²) in [6, 6.07) is 2.62. The molecule has 0 aromatic carbocycles. The average Bonchev–Trinajstić information content (AvgIpc) is 2.56. The molecule has 2 saturated carbocycles. The third kappa shape index (κ3) is 4.98. The maximum atomic E-state index is 9.48. The summed E-state index contributed by atoms with van der Waals surface area (Å²) in [6.45, 7) is 5.44. The SMILES string of the molecule is CCC[C@H]1CC[C@H](OC[C@H]2CC[C@@](C#N)(CCC)CC2)CC1. The molecule has 0 atom stereocenters. The molecule has 2 aliphatic carbocycles. The van der Waals surface area contributed by atoms with Crippen molar-refractivity contribution in [2.75, 3.05) is 6.61 Å². The summed E-state index contributed by atoms with van der Waals surface area (Å²) in [5.41, 5.74) is -0.0105. The van der Waals surface area contributed by atoms with Gasteiger partial charge in [0, 0.05) is 6.61 Å². The van der Waals surface area contributed by atoms with Crippen LogP contribution in [0.25, 0.3) is 0 Å². The van der Waals surface area contributed by atoms with E-state index in [1.165, 1.54) is 51.4 Å². The highest BCUT2D eigenvalue weighted by Crippen LogP contribution is 2.42. The van der Waals surface area contributed by atoms with Crippen molar-refractivity contribution in [1.82, 2.24) is 0 Å². The molecule has 0 aliphatic heterocycles. The van der Waals surface area contributed by atoms with Crippen molar-refractivity contribution in [3.8, 4) is 6.07 Å². The van der Waals surface area contributed by atoms with Crippen molar-refractivity contribution in [2.45, 2.75) is 97.0 Å². The fourth-order valence-electron chi connectivity index (χ4n) is 4.56. The Balaban J connectivity index is 1.64. The van der Waals surface area contributed by atoms with Gasteiger partial charge in [-0.2, -0.15) is 5.26 Å². The van der Waals surface area contributed by atoms with Crippen molar-refractivity contribution in [2.24, 2.45) is 17.3 Å². The molecular formula is C20H35NO. The summed E-state index contributed by atoms with van der Waals surface area (Å²) in [5.74, 6) is 1.66. The lowest BCUT2D eigenvalue weighted by Crippen LogP contribution is -2.30. The second kappa shape index (κ2) is 8.92. The lowest BCUT2D eigenvalue weighted by atomic mass is 9.69. The minimum Gasteiger partial charge on any atom is -0.378 e. The molecule has 0 spiro atoms. The van der Waals surface area contributed by atoms with Crippen LogP contribution in [0, 0.1) is 28.6 Å². The highest BCUT2D eigenvalue weighted by Gasteiger charge is 2.35. The maximum Gasteiger partial charge on any atom is 0.0689 e. The Morgan fingerprint density at radius 2 is 1.64 bits per heavy atom. The van der Waals surface area contributed by atoms with Crippen LogP contribution in [0.3, 0.4) is 0 Å². The van der Waals surface area contributed by atoms with E-state index in [4.69, 9.17) is 4.74 Å². The normalized spacial score (nSPS) is 36.0. The van der Waals surface area contributed by atoms with Gasteiger partial charge in [-0.1, -0.05) is 33.1 Å². The Kier molecular flexibility index (Phi) is 7.22. The highest BCUT2D eigenvalue weighted by atomic mass is 16.5. The van der Waals surface area contributed by atoms with E-state index in [1.807, 2.05) is 0 Å². The standard InChI is InChI=1S/C20H35NO/c1-3-5-17-6-8-19(9-7-17)22-15-18-10-13-20(16-21,12-4-2)14-11-18/h17-19H,3-15H2,1-2H3/t17-,18-,19-,20-. The zero-order chi connectivity index (χ0) is 15.8. The molecule has 2 rings (SSSR count). The molecule has 2 aliphatic rings. The molecule has 2 nitrogen and oxygen atoms in total. The summed E-state index contributed by atoms with van der Waals surface area (Å²) in [5, 5.41) is 9.48. The molecule has 0 heterocycles. The maximum absolute atomic E-state index is 9.48. The summed E-state index contributed by atoms with van der Waals surface area (Å²) in [6.07, 6.45) is 15.3. The largest absolute Gasteiger partial charge is 0.378 e. The average molecular weight is 306 g/mol. The lowest BCUT2D eigenvalue weighted by molar-refractivity contribution is -0.0133. The van der Waals surface area contributed by atoms with E-state index in [0.29, 0.717) is 12.0 Å². The van der Waals surface area contributed by atoms with Crippen LogP contribution in [0.4, 0.5) is 0 Å². The van der Waals surface area contributed by atoms with Crippen LogP contribution in [0.5, 0.6) is 0 Å². The molecule has 0 amide bonds. The molecule has 0 bridgehead atoms. The zero-order valence-corrected chi connectivity index (χ0v) is 14.8. The van der Waals surface area contributed by atoms with Crippen LogP contribution in [0.15, 0.2) is 0 Å². The predicted molar refractivity (Wildman–Crippen MR) is 91.5 cm³/mol. The van der Waals surface area contributed by atoms with E-state index in [1.54, 1.807) is 0 Å². The van der Waals surface area contributed by atoms with Gasteiger partial charge in [0.1, 0.15) is 0 Å². The van der Waals surface area contributed by atoms with Crippen molar-refractivity contribution in [3.05, 3.63) is 0 Å². The van der Waals surface area contributed by atoms with E-state index in [-0.39, 0.29) is 5.41 Å². The monoisotopic (exact) mass is 305 g/mol. The number of nitriles is 1. The fraction of sp³-hybridized carbons (Fsp3) is 0.950. The second-order valence-electron chi connectivity index (χ2n) is 7.85. The van der Waals surface area contributed by atoms with E-state index in [9.17, 15) is 5.26 Å². The van der Waals surface area contributed by atoms with Gasteiger partial charge in [0.2, 0.25) is 0 Å². The first-order valence-electron chi connectivity index (χ1n) is 9.74. The van der Waals surface area contributed by atoms with Gasteiger partial charge in [-0.15, -0.1) is 0 Å². The Labute approximate surface area is 137 Å². The van der Waals surface area contributed by atoms with Gasteiger partial charge in [-0.25, -0.2) is 0 Å². The lowest BCUT2D eigenvalue weighted by Gasteiger charge is -2.36. The van der Waals surface area contributed by atoms with E-state index >= 15 is 0 Å². The Bertz CT molecular complexity index is 343. The minimum absolute atomic E-state index is 0.0105. The summed E-state index contributed by atoms with van der Waals surface area (Å²) in [4.78, 5) is 0. The second-order valence-corrected chi connectivity index (χ2v) is 7.85. The first-order chi connectivity index (χ1) is 10.7. The van der Waals surface area contributed by atoms with Gasteiger partial charge < -0.3 is 4.74 Å². The van der Waals surface area contributed by atoms with Crippen molar-refractivity contribution in [1.29, 1.82) is 5.26 Å². The van der Waals surface area contributed by atoms with Gasteiger partial charge in [-0.05, 0) is 69.6 Å². The number of rotatable bonds is 7. The van der Waals surface area contributed by atoms with Gasteiger partial charge in [0.15, 0.2) is 0 Å². The molecule has 0 aromatic heterocycles. The van der Waals surface area contributed by atoms with Crippen LogP contribution < -0.4 is 0 Å². The number of hydrogen-bond acceptors (Lipinski definition) is 2. The highest BCUT2D eigenvalue weighted by molar-refractivity contribution is 5.01. The molecule has 0 saturated heterocycles. The zero-order valence-electron chi connectivity index (χ0n) is 14.8. The van der Waals surface area contributed by atoms with E-state index in [2.05, 4.69) is 19.9 Å². The molecule has 126 valence electrons. The van der Waals surface area contributed by atoms with E-state index < -0.39 is 0 Å². The summed E-state index contributed by atoms with van der Waals surface area (Å²) in [7, 11) is 0. The van der Waals surface area contributed by atoms with Gasteiger partial charge in [-0.3, -0.25) is 0 Å². The van der Waals surface area contributed by atoms with Crippen LogP contribution in [-0.2, 0) is 4.74 Å². The predicted octanol–water partition coefficient (Wildman–Crippen LogP) is 5.86. The van der Waals surface area contributed by atoms with Crippen LogP contribution in [0.1, 0.15) is 90.9 Å². The summed E-state index contributed by atoms with van der Waals surface area (Å²) >= 11 is 0. The molecule has 2 fully saturated rings. The molecular weight excluding hydrogens is 270 g/mol. The Morgan fingerprint density at radius 1 is 0.955 bits per heavy atom. The van der Waals surface area contributed by atoms with Crippen molar-refractivity contribution < 1.29 is 4.74 Å². The molecule has 22 heavy (non-hydrogen) atoms. The van der Waals surface area contributed by atoms with Gasteiger partial charge in [0.25, 0.3) is 0 Å². The quantitative estimate of drug-likeness (QED) is 0.590. The molecule has 0 N–H and O–H groups in total. The first kappa shape index (κ1) is 17.8. The topological polar surface area (TPSA) is 33.0 Å². The van der Waals surface area contributed by atoms with Crippen LogP contribution in [0.2, 0.25) is 0 Å². The van der Waals surface area contributed by atoms with Crippen molar-refractivity contribution >= 4 is 0 Å². The Hall–Kier alpha value is -0.550. The van der Waals surface area contributed by atoms with E-state index in [0.717, 1.165) is 38.2 Å². The first-order valence-corrected chi connectivity index (χ1v) is 9.74. The van der Waals surface area contributed by atoms with Gasteiger partial charge >= 0.3 is 0 Å². The molecule has 2 heteroatoms. The fourth-order valence-corrected chi connectivity index (χ4v) is 4.56. The van der Waals surface area contributed by atoms with Crippen LogP contribution in [-0.4, -0.2) is 12.7 Å². The third-order valence-corrected chi connectivity index (χ3v) is 6.09. The molecule has 0 unspecified atom stereocenters. The van der Waals surface area contributed by atoms with Gasteiger partial charge in [0.05, 0.1) is 17.6 Å². The minimum atomic E-state index is -0.0105. The summed E-state index contributed by atoms with van der Waals surface area (Å²) < 4.78 is 6.23. The molecule has 0 aromatic rings. The number of ether oxygens (including phenoxy) is 1.